The fraction of sp³-hybridized carbons (Fsp3) is 0.714. The van der Waals surface area contributed by atoms with Crippen molar-refractivity contribution in [2.24, 2.45) is 28.6 Å². The lowest BCUT2D eigenvalue weighted by Gasteiger charge is -2.59. The maximum atomic E-state index is 12.4. The molecule has 1 aliphatic heterocycles. The maximum Gasteiger partial charge on any atom is 0.178 e. The molecule has 25 heavy (non-hydrogen) atoms. The Labute approximate surface area is 148 Å². The van der Waals surface area contributed by atoms with Gasteiger partial charge in [0.2, 0.25) is 0 Å². The number of fused-ring (bicyclic) bond motifs is 7. The van der Waals surface area contributed by atoms with Crippen LogP contribution in [0, 0.1) is 28.6 Å². The number of ketones is 2. The summed E-state index contributed by atoms with van der Waals surface area (Å²) in [6, 6.07) is 0. The normalized spacial score (nSPS) is 55.6. The minimum Gasteiger partial charge on any atom is -0.393 e. The second-order valence-corrected chi connectivity index (χ2v) is 9.35. The molecule has 0 aromatic carbocycles. The molecule has 0 radical (unpaired) electrons. The fourth-order valence-corrected chi connectivity index (χ4v) is 7.38. The highest BCUT2D eigenvalue weighted by atomic mass is 16.6. The minimum absolute atomic E-state index is 0.0409. The molecule has 8 atom stereocenters. The summed E-state index contributed by atoms with van der Waals surface area (Å²) < 4.78 is 5.92. The molecule has 0 amide bonds. The molecular formula is C21H26O4. The first-order valence-corrected chi connectivity index (χ1v) is 9.55. The molecule has 3 saturated carbocycles. The van der Waals surface area contributed by atoms with E-state index >= 15 is 0 Å². The monoisotopic (exact) mass is 342 g/mol. The number of carbonyl (C=O) groups is 2. The summed E-state index contributed by atoms with van der Waals surface area (Å²) in [5.74, 6) is 1.09. The van der Waals surface area contributed by atoms with Crippen LogP contribution in [0.1, 0.15) is 46.5 Å². The third-order valence-electron chi connectivity index (χ3n) is 8.45. The molecule has 2 unspecified atom stereocenters. The number of allylic oxidation sites excluding steroid dienone is 4. The van der Waals surface area contributed by atoms with Gasteiger partial charge >= 0.3 is 0 Å². The summed E-state index contributed by atoms with van der Waals surface area (Å²) in [7, 11) is 0. The Morgan fingerprint density at radius 3 is 2.84 bits per heavy atom. The first-order valence-electron chi connectivity index (χ1n) is 9.55. The molecule has 4 heteroatoms. The summed E-state index contributed by atoms with van der Waals surface area (Å²) in [6.45, 7) is 5.99. The number of aliphatic hydroxyl groups excluding tert-OH is 1. The zero-order valence-corrected chi connectivity index (χ0v) is 15.1. The van der Waals surface area contributed by atoms with Gasteiger partial charge in [-0.1, -0.05) is 25.5 Å². The SMILES string of the molecule is CC(=O)[C@@]12OC1C[C@H]1[C@@H]3CCC4=CC(=O)C=C[C@]4(C)[C@H]3C(O)C[C@@]12C. The Morgan fingerprint density at radius 1 is 1.36 bits per heavy atom. The van der Waals surface area contributed by atoms with Crippen molar-refractivity contribution in [2.45, 2.75) is 64.3 Å². The molecule has 5 aliphatic rings. The van der Waals surface area contributed by atoms with E-state index in [-0.39, 0.29) is 34.4 Å². The van der Waals surface area contributed by atoms with Gasteiger partial charge in [-0.05, 0) is 56.6 Å². The van der Waals surface area contributed by atoms with E-state index in [1.165, 1.54) is 5.57 Å². The Balaban J connectivity index is 1.57. The van der Waals surface area contributed by atoms with Crippen LogP contribution in [0.25, 0.3) is 0 Å². The average Bonchev–Trinajstić information content (AvgIpc) is 3.22. The quantitative estimate of drug-likeness (QED) is 0.744. The second-order valence-electron chi connectivity index (χ2n) is 9.35. The van der Waals surface area contributed by atoms with Crippen LogP contribution in [0.5, 0.6) is 0 Å². The Bertz CT molecular complexity index is 751. The first kappa shape index (κ1) is 16.0. The maximum absolute atomic E-state index is 12.4. The van der Waals surface area contributed by atoms with E-state index in [2.05, 4.69) is 13.8 Å². The Kier molecular flexibility index (Phi) is 2.89. The van der Waals surface area contributed by atoms with E-state index in [1.807, 2.05) is 6.08 Å². The molecule has 5 rings (SSSR count). The van der Waals surface area contributed by atoms with Crippen molar-refractivity contribution in [2.75, 3.05) is 0 Å². The van der Waals surface area contributed by atoms with Crippen LogP contribution < -0.4 is 0 Å². The van der Waals surface area contributed by atoms with E-state index in [4.69, 9.17) is 4.74 Å². The van der Waals surface area contributed by atoms with Gasteiger partial charge in [-0.3, -0.25) is 9.59 Å². The molecule has 1 saturated heterocycles. The van der Waals surface area contributed by atoms with E-state index in [9.17, 15) is 14.7 Å². The molecule has 0 aromatic heterocycles. The van der Waals surface area contributed by atoms with Gasteiger partial charge in [0.1, 0.15) is 0 Å². The predicted octanol–water partition coefficient (Wildman–Crippen LogP) is 2.60. The number of carbonyl (C=O) groups excluding carboxylic acids is 2. The molecule has 0 bridgehead atoms. The fourth-order valence-electron chi connectivity index (χ4n) is 7.38. The topological polar surface area (TPSA) is 66.9 Å². The van der Waals surface area contributed by atoms with Crippen molar-refractivity contribution in [3.05, 3.63) is 23.8 Å². The molecule has 1 N–H and O–H groups in total. The van der Waals surface area contributed by atoms with Crippen LogP contribution in [-0.4, -0.2) is 34.5 Å². The number of rotatable bonds is 1. The third kappa shape index (κ3) is 1.66. The van der Waals surface area contributed by atoms with Crippen molar-refractivity contribution in [3.8, 4) is 0 Å². The smallest absolute Gasteiger partial charge is 0.178 e. The van der Waals surface area contributed by atoms with Gasteiger partial charge in [-0.2, -0.15) is 0 Å². The molecule has 4 nitrogen and oxygen atoms in total. The average molecular weight is 342 g/mol. The molecular weight excluding hydrogens is 316 g/mol. The molecule has 134 valence electrons. The van der Waals surface area contributed by atoms with Crippen LogP contribution in [0.4, 0.5) is 0 Å². The molecule has 4 aliphatic carbocycles. The van der Waals surface area contributed by atoms with Crippen molar-refractivity contribution in [3.63, 3.8) is 0 Å². The van der Waals surface area contributed by atoms with Crippen molar-refractivity contribution < 1.29 is 19.4 Å². The summed E-state index contributed by atoms with van der Waals surface area (Å²) in [5.41, 5.74) is 0.00769. The van der Waals surface area contributed by atoms with Gasteiger partial charge in [0.25, 0.3) is 0 Å². The van der Waals surface area contributed by atoms with Gasteiger partial charge < -0.3 is 9.84 Å². The lowest BCUT2D eigenvalue weighted by molar-refractivity contribution is -0.152. The lowest BCUT2D eigenvalue weighted by atomic mass is 9.46. The van der Waals surface area contributed by atoms with Crippen LogP contribution >= 0.6 is 0 Å². The Hall–Kier alpha value is -1.26. The predicted molar refractivity (Wildman–Crippen MR) is 91.7 cm³/mol. The van der Waals surface area contributed by atoms with E-state index in [0.717, 1.165) is 19.3 Å². The van der Waals surface area contributed by atoms with Crippen molar-refractivity contribution in [1.82, 2.24) is 0 Å². The number of hydrogen-bond donors (Lipinski definition) is 1. The zero-order chi connectivity index (χ0) is 17.8. The largest absolute Gasteiger partial charge is 0.393 e. The number of ether oxygens (including phenoxy) is 1. The molecule has 4 fully saturated rings. The van der Waals surface area contributed by atoms with Gasteiger partial charge in [0.05, 0.1) is 12.2 Å². The summed E-state index contributed by atoms with van der Waals surface area (Å²) in [4.78, 5) is 24.2. The van der Waals surface area contributed by atoms with E-state index in [0.29, 0.717) is 18.3 Å². The number of aliphatic hydroxyl groups is 1. The van der Waals surface area contributed by atoms with Gasteiger partial charge in [0, 0.05) is 16.7 Å². The standard InChI is InChI=1S/C21H26O4/c1-11(22)21-17(25-21)9-15-14-5-4-12-8-13(23)6-7-19(12,2)18(14)16(24)10-20(15,21)3/h6-8,14-18,24H,4-5,9-10H2,1-3H3/t14-,15-,16?,17?,18+,19-,20-,21+/m0/s1. The van der Waals surface area contributed by atoms with E-state index < -0.39 is 11.7 Å². The summed E-state index contributed by atoms with van der Waals surface area (Å²) in [6.07, 6.45) is 8.48. The number of hydrogen-bond acceptors (Lipinski definition) is 4. The Morgan fingerprint density at radius 2 is 2.12 bits per heavy atom. The second kappa shape index (κ2) is 4.52. The van der Waals surface area contributed by atoms with Gasteiger partial charge in [0.15, 0.2) is 17.2 Å². The molecule has 0 aromatic rings. The first-order chi connectivity index (χ1) is 11.7. The number of Topliss-reactive ketones (excluding diaryl/α,β-unsaturated/α-hetero) is 1. The van der Waals surface area contributed by atoms with Gasteiger partial charge in [-0.15, -0.1) is 0 Å². The van der Waals surface area contributed by atoms with Crippen LogP contribution in [0.2, 0.25) is 0 Å². The van der Waals surface area contributed by atoms with Crippen molar-refractivity contribution in [1.29, 1.82) is 0 Å². The highest BCUT2D eigenvalue weighted by Gasteiger charge is 2.80. The van der Waals surface area contributed by atoms with Crippen LogP contribution in [0.3, 0.4) is 0 Å². The molecule has 0 spiro atoms. The highest BCUT2D eigenvalue weighted by molar-refractivity contribution is 6.01. The van der Waals surface area contributed by atoms with Crippen molar-refractivity contribution >= 4 is 11.6 Å². The van der Waals surface area contributed by atoms with Crippen LogP contribution in [0.15, 0.2) is 23.8 Å². The van der Waals surface area contributed by atoms with Crippen LogP contribution in [-0.2, 0) is 14.3 Å². The number of epoxide rings is 1. The minimum atomic E-state index is -0.654. The summed E-state index contributed by atoms with van der Waals surface area (Å²) >= 11 is 0. The van der Waals surface area contributed by atoms with Gasteiger partial charge in [-0.25, -0.2) is 0 Å². The lowest BCUT2D eigenvalue weighted by Crippen LogP contribution is -2.59. The highest BCUT2D eigenvalue weighted by Crippen LogP contribution is 2.73. The zero-order valence-electron chi connectivity index (χ0n) is 15.1. The van der Waals surface area contributed by atoms with E-state index in [1.54, 1.807) is 19.1 Å². The molecule has 1 heterocycles. The summed E-state index contributed by atoms with van der Waals surface area (Å²) in [5, 5.41) is 11.2. The third-order valence-corrected chi connectivity index (χ3v) is 8.45.